The molecule has 4 rings (SSSR count). The Hall–Kier alpha value is -2.30. The third kappa shape index (κ3) is 1.92. The largest absolute Gasteiger partial charge is 0.337 e. The van der Waals surface area contributed by atoms with Gasteiger partial charge in [-0.3, -0.25) is 14.6 Å². The highest BCUT2D eigenvalue weighted by molar-refractivity contribution is 6.27. The summed E-state index contributed by atoms with van der Waals surface area (Å²) in [6, 6.07) is 5.38. The van der Waals surface area contributed by atoms with Gasteiger partial charge >= 0.3 is 0 Å². The van der Waals surface area contributed by atoms with E-state index in [9.17, 15) is 14.0 Å². The van der Waals surface area contributed by atoms with E-state index in [1.54, 1.807) is 18.2 Å². The highest BCUT2D eigenvalue weighted by Gasteiger charge is 2.43. The predicted octanol–water partition coefficient (Wildman–Crippen LogP) is 1.86. The van der Waals surface area contributed by atoms with E-state index in [0.717, 1.165) is 18.6 Å². The first-order chi connectivity index (χ1) is 10.1. The molecule has 1 atom stereocenters. The number of carbonyl (C=O) groups excluding carboxylic acids is 2. The van der Waals surface area contributed by atoms with E-state index in [1.165, 1.54) is 6.07 Å². The normalized spacial score (nSPS) is 24.8. The van der Waals surface area contributed by atoms with Crippen molar-refractivity contribution in [3.63, 3.8) is 0 Å². The maximum atomic E-state index is 14.0. The Kier molecular flexibility index (Phi) is 2.58. The van der Waals surface area contributed by atoms with Crippen molar-refractivity contribution < 1.29 is 14.0 Å². The number of fused-ring (bicyclic) bond motifs is 1. The van der Waals surface area contributed by atoms with E-state index in [2.05, 4.69) is 10.3 Å². The van der Waals surface area contributed by atoms with Crippen LogP contribution in [0.1, 0.15) is 24.8 Å². The highest BCUT2D eigenvalue weighted by Crippen LogP contribution is 2.38. The standard InChI is InChI=1S/C16H13FN2O2/c17-10-4-2-1-3-9(10)13-15-14(19-16(13)21)12(20)7-11(18-15)8-5-6-8/h1-4,8,14H,5-7H2,(H,19,21)/t14-/m0/s1. The smallest absolute Gasteiger partial charge is 0.254 e. The van der Waals surface area contributed by atoms with Crippen LogP contribution in [-0.2, 0) is 9.59 Å². The number of halogens is 1. The van der Waals surface area contributed by atoms with Crippen LogP contribution in [-0.4, -0.2) is 23.4 Å². The molecule has 1 aromatic carbocycles. The van der Waals surface area contributed by atoms with Crippen molar-refractivity contribution in [2.24, 2.45) is 10.9 Å². The fraction of sp³-hybridized carbons (Fsp3) is 0.312. The summed E-state index contributed by atoms with van der Waals surface area (Å²) >= 11 is 0. The van der Waals surface area contributed by atoms with Gasteiger partial charge in [-0.15, -0.1) is 0 Å². The number of nitrogens with zero attached hydrogens (tertiary/aromatic N) is 1. The summed E-state index contributed by atoms with van der Waals surface area (Å²) in [4.78, 5) is 28.9. The first-order valence-corrected chi connectivity index (χ1v) is 7.05. The number of rotatable bonds is 2. The molecule has 1 saturated carbocycles. The van der Waals surface area contributed by atoms with Crippen molar-refractivity contribution in [3.8, 4) is 0 Å². The van der Waals surface area contributed by atoms with Gasteiger partial charge in [0, 0.05) is 17.7 Å². The van der Waals surface area contributed by atoms with E-state index >= 15 is 0 Å². The number of hydrogen-bond acceptors (Lipinski definition) is 3. The van der Waals surface area contributed by atoms with Crippen molar-refractivity contribution in [2.75, 3.05) is 0 Å². The molecule has 21 heavy (non-hydrogen) atoms. The molecular formula is C16H13FN2O2. The Labute approximate surface area is 120 Å². The number of benzene rings is 1. The van der Waals surface area contributed by atoms with Crippen LogP contribution in [0.5, 0.6) is 0 Å². The molecule has 0 aromatic heterocycles. The molecule has 1 aliphatic carbocycles. The van der Waals surface area contributed by atoms with Gasteiger partial charge in [-0.1, -0.05) is 18.2 Å². The molecule has 1 aromatic rings. The van der Waals surface area contributed by atoms with Crippen molar-refractivity contribution in [3.05, 3.63) is 41.3 Å². The number of carbonyl (C=O) groups is 2. The van der Waals surface area contributed by atoms with Crippen molar-refractivity contribution in [1.29, 1.82) is 0 Å². The number of amides is 1. The van der Waals surface area contributed by atoms with Crippen LogP contribution < -0.4 is 5.32 Å². The molecule has 2 aliphatic heterocycles. The van der Waals surface area contributed by atoms with Gasteiger partial charge in [0.2, 0.25) is 0 Å². The molecule has 1 amide bonds. The summed E-state index contributed by atoms with van der Waals surface area (Å²) < 4.78 is 14.0. The molecule has 0 radical (unpaired) electrons. The van der Waals surface area contributed by atoms with Gasteiger partial charge < -0.3 is 5.32 Å². The zero-order chi connectivity index (χ0) is 14.6. The monoisotopic (exact) mass is 284 g/mol. The minimum atomic E-state index is -0.713. The van der Waals surface area contributed by atoms with Crippen LogP contribution in [0.15, 0.2) is 35.0 Å². The first-order valence-electron chi connectivity index (χ1n) is 7.05. The van der Waals surface area contributed by atoms with Crippen LogP contribution in [0, 0.1) is 11.7 Å². The van der Waals surface area contributed by atoms with Crippen LogP contribution in [0.4, 0.5) is 4.39 Å². The molecule has 2 heterocycles. The van der Waals surface area contributed by atoms with Gasteiger partial charge in [-0.25, -0.2) is 4.39 Å². The minimum Gasteiger partial charge on any atom is -0.337 e. The molecule has 1 N–H and O–H groups in total. The Morgan fingerprint density at radius 2 is 1.95 bits per heavy atom. The second kappa shape index (κ2) is 4.35. The lowest BCUT2D eigenvalue weighted by molar-refractivity contribution is -0.122. The molecule has 5 heteroatoms. The number of hydrogen-bond donors (Lipinski definition) is 1. The molecule has 4 nitrogen and oxygen atoms in total. The van der Waals surface area contributed by atoms with E-state index in [-0.39, 0.29) is 16.9 Å². The maximum Gasteiger partial charge on any atom is 0.254 e. The number of aliphatic imine (C=N–C) groups is 1. The summed E-state index contributed by atoms with van der Waals surface area (Å²) in [6.45, 7) is 0. The fourth-order valence-electron chi connectivity index (χ4n) is 2.94. The van der Waals surface area contributed by atoms with E-state index in [1.807, 2.05) is 0 Å². The average Bonchev–Trinajstić information content (AvgIpc) is 3.24. The fourth-order valence-corrected chi connectivity index (χ4v) is 2.94. The summed E-state index contributed by atoms with van der Waals surface area (Å²) in [5.41, 5.74) is 1.64. The molecule has 0 spiro atoms. The molecule has 106 valence electrons. The third-order valence-electron chi connectivity index (χ3n) is 4.17. The lowest BCUT2D eigenvalue weighted by Crippen LogP contribution is -2.39. The Balaban J connectivity index is 1.90. The lowest BCUT2D eigenvalue weighted by atomic mass is 9.95. The van der Waals surface area contributed by atoms with E-state index < -0.39 is 17.8 Å². The van der Waals surface area contributed by atoms with Gasteiger partial charge in [-0.2, -0.15) is 0 Å². The molecule has 3 aliphatic rings. The topological polar surface area (TPSA) is 58.5 Å². The van der Waals surface area contributed by atoms with Crippen molar-refractivity contribution in [2.45, 2.75) is 25.3 Å². The molecule has 0 bridgehead atoms. The van der Waals surface area contributed by atoms with E-state index in [4.69, 9.17) is 0 Å². The summed E-state index contributed by atoms with van der Waals surface area (Å²) in [5.74, 6) is -0.590. The predicted molar refractivity (Wildman–Crippen MR) is 75.0 cm³/mol. The zero-order valence-electron chi connectivity index (χ0n) is 11.2. The second-order valence-corrected chi connectivity index (χ2v) is 5.67. The van der Waals surface area contributed by atoms with Crippen LogP contribution in [0.3, 0.4) is 0 Å². The Morgan fingerprint density at radius 3 is 2.67 bits per heavy atom. The van der Waals surface area contributed by atoms with Crippen molar-refractivity contribution >= 4 is 23.0 Å². The Morgan fingerprint density at radius 1 is 1.19 bits per heavy atom. The van der Waals surface area contributed by atoms with Gasteiger partial charge in [0.15, 0.2) is 5.78 Å². The average molecular weight is 284 g/mol. The number of nitrogens with one attached hydrogen (secondary N) is 1. The quantitative estimate of drug-likeness (QED) is 0.901. The number of ketones is 1. The van der Waals surface area contributed by atoms with E-state index in [0.29, 0.717) is 18.0 Å². The van der Waals surface area contributed by atoms with Crippen LogP contribution in [0.2, 0.25) is 0 Å². The SMILES string of the molecule is O=C1N[C@H]2C(=O)CC(C3CC3)=NC2=C1c1ccccc1F. The van der Waals surface area contributed by atoms with Gasteiger partial charge in [-0.05, 0) is 24.8 Å². The van der Waals surface area contributed by atoms with Gasteiger partial charge in [0.05, 0.1) is 11.3 Å². The molecule has 0 saturated heterocycles. The third-order valence-corrected chi connectivity index (χ3v) is 4.17. The summed E-state index contributed by atoms with van der Waals surface area (Å²) in [7, 11) is 0. The minimum absolute atomic E-state index is 0.0541. The lowest BCUT2D eigenvalue weighted by Gasteiger charge is -2.18. The molecule has 0 unspecified atom stereocenters. The van der Waals surface area contributed by atoms with Crippen LogP contribution >= 0.6 is 0 Å². The highest BCUT2D eigenvalue weighted by atomic mass is 19.1. The van der Waals surface area contributed by atoms with Crippen LogP contribution in [0.25, 0.3) is 5.57 Å². The van der Waals surface area contributed by atoms with Gasteiger partial charge in [0.25, 0.3) is 5.91 Å². The number of Topliss-reactive ketones (excluding diaryl/α,β-unsaturated/α-hetero) is 1. The second-order valence-electron chi connectivity index (χ2n) is 5.67. The Bertz CT molecular complexity index is 732. The molecular weight excluding hydrogens is 271 g/mol. The van der Waals surface area contributed by atoms with Gasteiger partial charge in [0.1, 0.15) is 11.9 Å². The maximum absolute atomic E-state index is 14.0. The molecule has 1 fully saturated rings. The van der Waals surface area contributed by atoms with Crippen molar-refractivity contribution in [1.82, 2.24) is 5.32 Å². The summed E-state index contributed by atoms with van der Waals surface area (Å²) in [5, 5.41) is 2.62. The summed E-state index contributed by atoms with van der Waals surface area (Å²) in [6.07, 6.45) is 2.38. The first kappa shape index (κ1) is 12.4. The zero-order valence-corrected chi connectivity index (χ0v) is 11.2.